The Bertz CT molecular complexity index is 734. The van der Waals surface area contributed by atoms with E-state index in [1.165, 1.54) is 16.8 Å². The summed E-state index contributed by atoms with van der Waals surface area (Å²) >= 11 is 0. The molecule has 0 saturated carbocycles. The van der Waals surface area contributed by atoms with E-state index in [4.69, 9.17) is 4.74 Å². The monoisotopic (exact) mass is 274 g/mol. The van der Waals surface area contributed by atoms with Crippen LogP contribution < -0.4 is 5.56 Å². The number of aromatic nitrogens is 2. The first-order valence-corrected chi connectivity index (χ1v) is 6.10. The van der Waals surface area contributed by atoms with Gasteiger partial charge in [0, 0.05) is 12.7 Å². The smallest absolute Gasteiger partial charge is 0.347 e. The first-order valence-electron chi connectivity index (χ1n) is 6.10. The summed E-state index contributed by atoms with van der Waals surface area (Å²) in [5.74, 6) is -1.25. The number of ether oxygens (including phenoxy) is 1. The molecule has 0 fully saturated rings. The van der Waals surface area contributed by atoms with Gasteiger partial charge < -0.3 is 9.84 Å². The van der Waals surface area contributed by atoms with Crippen molar-refractivity contribution in [1.29, 1.82) is 0 Å². The van der Waals surface area contributed by atoms with Crippen molar-refractivity contribution >= 4 is 17.0 Å². The highest BCUT2D eigenvalue weighted by molar-refractivity contribution is 5.98. The molecule has 6 nitrogen and oxygen atoms in total. The lowest BCUT2D eigenvalue weighted by Gasteiger charge is -2.12. The molecule has 20 heavy (non-hydrogen) atoms. The zero-order valence-electron chi connectivity index (χ0n) is 11.0. The van der Waals surface area contributed by atoms with Gasteiger partial charge in [0.25, 0.3) is 5.56 Å². The molecule has 0 aliphatic rings. The summed E-state index contributed by atoms with van der Waals surface area (Å²) in [5, 5.41) is 10.5. The Morgan fingerprint density at radius 2 is 2.35 bits per heavy atom. The summed E-state index contributed by atoms with van der Waals surface area (Å²) in [6.45, 7) is 5.49. The van der Waals surface area contributed by atoms with Gasteiger partial charge in [-0.2, -0.15) is 0 Å². The lowest BCUT2D eigenvalue weighted by molar-refractivity contribution is 0.0520. The number of hydrogen-bond donors (Lipinski definition) is 1. The van der Waals surface area contributed by atoms with Gasteiger partial charge in [-0.1, -0.05) is 6.08 Å². The number of aromatic hydroxyl groups is 1. The van der Waals surface area contributed by atoms with Gasteiger partial charge in [-0.3, -0.25) is 9.36 Å². The maximum absolute atomic E-state index is 12.3. The Labute approximate surface area is 114 Å². The number of allylic oxidation sites excluding steroid dienone is 1. The Morgan fingerprint density at radius 3 is 3.00 bits per heavy atom. The van der Waals surface area contributed by atoms with Crippen LogP contribution in [0.3, 0.4) is 0 Å². The number of hydrogen-bond acceptors (Lipinski definition) is 5. The Morgan fingerprint density at radius 1 is 1.60 bits per heavy atom. The van der Waals surface area contributed by atoms with E-state index in [9.17, 15) is 14.7 Å². The molecule has 2 rings (SSSR count). The number of carbonyl (C=O) groups is 1. The second-order valence-electron chi connectivity index (χ2n) is 4.02. The third kappa shape index (κ3) is 2.16. The second kappa shape index (κ2) is 5.56. The quantitative estimate of drug-likeness (QED) is 0.674. The Balaban J connectivity index is 2.85. The van der Waals surface area contributed by atoms with Gasteiger partial charge in [-0.05, 0) is 19.1 Å². The summed E-state index contributed by atoms with van der Waals surface area (Å²) in [4.78, 5) is 28.2. The molecule has 1 N–H and O–H groups in total. The van der Waals surface area contributed by atoms with Crippen LogP contribution in [-0.4, -0.2) is 27.2 Å². The van der Waals surface area contributed by atoms with Gasteiger partial charge in [0.15, 0.2) is 5.56 Å². The average molecular weight is 274 g/mol. The molecule has 0 aliphatic carbocycles. The minimum atomic E-state index is -0.849. The molecule has 0 bridgehead atoms. The molecule has 0 aromatic carbocycles. The SMILES string of the molecule is C=CCn1c(=O)c(C(=O)OCC)c(O)c2cccnc21. The molecule has 0 unspecified atom stereocenters. The van der Waals surface area contributed by atoms with Crippen LogP contribution in [0.15, 0.2) is 35.8 Å². The number of rotatable bonds is 4. The van der Waals surface area contributed by atoms with Gasteiger partial charge in [0.1, 0.15) is 11.4 Å². The molecule has 2 heterocycles. The van der Waals surface area contributed by atoms with Crippen LogP contribution >= 0.6 is 0 Å². The fourth-order valence-electron chi connectivity index (χ4n) is 1.95. The summed E-state index contributed by atoms with van der Waals surface area (Å²) in [7, 11) is 0. The van der Waals surface area contributed by atoms with Crippen molar-refractivity contribution in [3.63, 3.8) is 0 Å². The molecule has 0 saturated heterocycles. The molecule has 0 aliphatic heterocycles. The number of esters is 1. The first-order chi connectivity index (χ1) is 9.61. The minimum Gasteiger partial charge on any atom is -0.506 e. The molecule has 2 aromatic heterocycles. The highest BCUT2D eigenvalue weighted by atomic mass is 16.5. The van der Waals surface area contributed by atoms with Crippen LogP contribution in [0.4, 0.5) is 0 Å². The molecule has 2 aromatic rings. The molecule has 0 atom stereocenters. The first kappa shape index (κ1) is 13.8. The molecule has 6 heteroatoms. The Kier molecular flexibility index (Phi) is 3.84. The van der Waals surface area contributed by atoms with Crippen molar-refractivity contribution in [2.24, 2.45) is 0 Å². The van der Waals surface area contributed by atoms with Crippen LogP contribution in [0, 0.1) is 0 Å². The van der Waals surface area contributed by atoms with Gasteiger partial charge in [-0.15, -0.1) is 6.58 Å². The number of nitrogens with zero attached hydrogens (tertiary/aromatic N) is 2. The largest absolute Gasteiger partial charge is 0.506 e. The van der Waals surface area contributed by atoms with Crippen LogP contribution in [0.2, 0.25) is 0 Å². The lowest BCUT2D eigenvalue weighted by atomic mass is 10.1. The van der Waals surface area contributed by atoms with Gasteiger partial charge in [0.2, 0.25) is 0 Å². The average Bonchev–Trinajstić information content (AvgIpc) is 2.44. The van der Waals surface area contributed by atoms with E-state index in [0.717, 1.165) is 0 Å². The molecule has 0 radical (unpaired) electrons. The van der Waals surface area contributed by atoms with Gasteiger partial charge in [-0.25, -0.2) is 9.78 Å². The van der Waals surface area contributed by atoms with Gasteiger partial charge >= 0.3 is 5.97 Å². The van der Waals surface area contributed by atoms with Crippen molar-refractivity contribution in [1.82, 2.24) is 9.55 Å². The second-order valence-corrected chi connectivity index (χ2v) is 4.02. The maximum Gasteiger partial charge on any atom is 0.347 e. The predicted octanol–water partition coefficient (Wildman–Crippen LogP) is 1.46. The Hall–Kier alpha value is -2.63. The molecule has 104 valence electrons. The molecular formula is C14H14N2O4. The molecule has 0 amide bonds. The van der Waals surface area contributed by atoms with Crippen molar-refractivity contribution in [3.05, 3.63) is 46.9 Å². The topological polar surface area (TPSA) is 81.4 Å². The van der Waals surface area contributed by atoms with Crippen LogP contribution in [0.1, 0.15) is 17.3 Å². The van der Waals surface area contributed by atoms with Crippen LogP contribution in [-0.2, 0) is 11.3 Å². The number of pyridine rings is 2. The third-order valence-electron chi connectivity index (χ3n) is 2.78. The van der Waals surface area contributed by atoms with E-state index < -0.39 is 17.3 Å². The van der Waals surface area contributed by atoms with E-state index in [1.807, 2.05) is 0 Å². The summed E-state index contributed by atoms with van der Waals surface area (Å²) in [6.07, 6.45) is 3.02. The van der Waals surface area contributed by atoms with Gasteiger partial charge in [0.05, 0.1) is 12.0 Å². The summed E-state index contributed by atoms with van der Waals surface area (Å²) in [6, 6.07) is 3.19. The van der Waals surface area contributed by atoms with Crippen molar-refractivity contribution in [2.45, 2.75) is 13.5 Å². The van der Waals surface area contributed by atoms with E-state index in [-0.39, 0.29) is 18.7 Å². The van der Waals surface area contributed by atoms with Crippen LogP contribution in [0.5, 0.6) is 5.75 Å². The van der Waals surface area contributed by atoms with E-state index in [1.54, 1.807) is 19.1 Å². The summed E-state index contributed by atoms with van der Waals surface area (Å²) < 4.78 is 6.09. The van der Waals surface area contributed by atoms with Crippen molar-refractivity contribution in [3.8, 4) is 5.75 Å². The fourth-order valence-corrected chi connectivity index (χ4v) is 1.95. The highest BCUT2D eigenvalue weighted by Gasteiger charge is 2.23. The van der Waals surface area contributed by atoms with E-state index in [2.05, 4.69) is 11.6 Å². The highest BCUT2D eigenvalue weighted by Crippen LogP contribution is 2.25. The number of carbonyl (C=O) groups excluding carboxylic acids is 1. The molecule has 0 spiro atoms. The third-order valence-corrected chi connectivity index (χ3v) is 2.78. The van der Waals surface area contributed by atoms with Crippen LogP contribution in [0.25, 0.3) is 11.0 Å². The number of fused-ring (bicyclic) bond motifs is 1. The van der Waals surface area contributed by atoms with E-state index in [0.29, 0.717) is 11.0 Å². The molecular weight excluding hydrogens is 260 g/mol. The maximum atomic E-state index is 12.3. The van der Waals surface area contributed by atoms with Crippen molar-refractivity contribution < 1.29 is 14.6 Å². The fraction of sp³-hybridized carbons (Fsp3) is 0.214. The zero-order chi connectivity index (χ0) is 14.7. The lowest BCUT2D eigenvalue weighted by Crippen LogP contribution is -2.28. The normalized spacial score (nSPS) is 10.4. The van der Waals surface area contributed by atoms with Crippen molar-refractivity contribution in [2.75, 3.05) is 6.61 Å². The minimum absolute atomic E-state index is 0.115. The predicted molar refractivity (Wildman–Crippen MR) is 73.8 cm³/mol. The van der Waals surface area contributed by atoms with E-state index >= 15 is 0 Å². The zero-order valence-corrected chi connectivity index (χ0v) is 11.0. The summed E-state index contributed by atoms with van der Waals surface area (Å²) in [5.41, 5.74) is -0.732. The standard InChI is InChI=1S/C14H14N2O4/c1-3-8-16-12-9(6-5-7-15-12)11(17)10(13(16)18)14(19)20-4-2/h3,5-7,17H,1,4,8H2,2H3.